The molecule has 10 heteroatoms. The summed E-state index contributed by atoms with van der Waals surface area (Å²) in [4.78, 5) is 2.40. The van der Waals surface area contributed by atoms with E-state index < -0.39 is 20.0 Å². The van der Waals surface area contributed by atoms with Crippen LogP contribution in [0.2, 0.25) is 0 Å². The Morgan fingerprint density at radius 3 is 0.960 bits per heavy atom. The van der Waals surface area contributed by atoms with Crippen molar-refractivity contribution in [1.29, 1.82) is 0 Å². The summed E-state index contributed by atoms with van der Waals surface area (Å²) in [7, 11) is -6.29. The fourth-order valence-corrected chi connectivity index (χ4v) is 9.90. The lowest BCUT2D eigenvalue weighted by Gasteiger charge is -2.22. The number of hydrogen-bond acceptors (Lipinski definition) is 6. The molecule has 0 saturated carbocycles. The van der Waals surface area contributed by atoms with Gasteiger partial charge in [0.15, 0.2) is 0 Å². The van der Waals surface area contributed by atoms with E-state index in [1.165, 1.54) is 64.2 Å². The first-order valence-corrected chi connectivity index (χ1v) is 24.7. The Morgan fingerprint density at radius 2 is 0.620 bits per heavy atom. The van der Waals surface area contributed by atoms with E-state index in [4.69, 9.17) is 0 Å². The first-order valence-electron chi connectivity index (χ1n) is 21.5. The van der Waals surface area contributed by atoms with E-state index in [0.29, 0.717) is 37.7 Å². The van der Waals surface area contributed by atoms with Crippen LogP contribution in [-0.2, 0) is 20.0 Å². The molecule has 0 unspecified atom stereocenters. The molecule has 1 N–H and O–H groups in total. The van der Waals surface area contributed by atoms with Gasteiger partial charge in [-0.15, -0.1) is 0 Å². The fraction of sp³-hybridized carbons (Fsp3) is 1.00. The standard InChI is InChI=1S/C40H85N3O5S2/c1-5-9-13-27-35-42(33-11-7-3)49(45,46)39-29-23-19-15-17-21-25-31-41(37-38-44)32-26-22-18-16-20-24-30-40-50(47,48)43(34-12-8-4)36-28-14-10-6-2/h44H,5-40H2,1-4H3. The number of sulfonamides is 2. The van der Waals surface area contributed by atoms with Crippen molar-refractivity contribution in [3.05, 3.63) is 0 Å². The Labute approximate surface area is 313 Å². The Hall–Kier alpha value is -0.260. The van der Waals surface area contributed by atoms with Gasteiger partial charge in [-0.3, -0.25) is 0 Å². The minimum atomic E-state index is -3.14. The minimum Gasteiger partial charge on any atom is -0.395 e. The molecular formula is C40H85N3O5S2. The maximum atomic E-state index is 13.0. The van der Waals surface area contributed by atoms with Gasteiger partial charge in [-0.05, 0) is 64.5 Å². The summed E-state index contributed by atoms with van der Waals surface area (Å²) in [6, 6.07) is 0. The van der Waals surface area contributed by atoms with E-state index in [1.54, 1.807) is 8.61 Å². The third-order valence-corrected chi connectivity index (χ3v) is 13.9. The van der Waals surface area contributed by atoms with Crippen molar-refractivity contribution in [2.24, 2.45) is 0 Å². The third kappa shape index (κ3) is 28.3. The van der Waals surface area contributed by atoms with E-state index in [9.17, 15) is 21.9 Å². The SMILES string of the molecule is CCCCCCN(CCCC)S(=O)(=O)CCCCCCCCCN(CCO)CCCCCCCCCS(=O)(=O)N(CCCC)CCCCCC. The predicted octanol–water partition coefficient (Wildman–Crippen LogP) is 9.77. The third-order valence-electron chi connectivity index (χ3n) is 10.0. The maximum absolute atomic E-state index is 13.0. The molecule has 0 saturated heterocycles. The van der Waals surface area contributed by atoms with Crippen molar-refractivity contribution < 1.29 is 21.9 Å². The first kappa shape index (κ1) is 49.7. The monoisotopic (exact) mass is 752 g/mol. The smallest absolute Gasteiger partial charge is 0.214 e. The van der Waals surface area contributed by atoms with Gasteiger partial charge in [-0.1, -0.05) is 143 Å². The molecule has 0 rings (SSSR count). The van der Waals surface area contributed by atoms with Gasteiger partial charge in [0.05, 0.1) is 18.1 Å². The second kappa shape index (κ2) is 34.5. The van der Waals surface area contributed by atoms with E-state index in [-0.39, 0.29) is 6.61 Å². The number of nitrogens with zero attached hydrogens (tertiary/aromatic N) is 3. The van der Waals surface area contributed by atoms with Crippen molar-refractivity contribution >= 4 is 20.0 Å². The van der Waals surface area contributed by atoms with Gasteiger partial charge in [-0.2, -0.15) is 0 Å². The average molecular weight is 752 g/mol. The number of rotatable bonds is 40. The molecule has 0 bridgehead atoms. The van der Waals surface area contributed by atoms with Gasteiger partial charge >= 0.3 is 0 Å². The quantitative estimate of drug-likeness (QED) is 0.0627. The van der Waals surface area contributed by atoms with Gasteiger partial charge in [0.25, 0.3) is 0 Å². The van der Waals surface area contributed by atoms with Crippen LogP contribution in [0.25, 0.3) is 0 Å². The van der Waals surface area contributed by atoms with E-state index in [0.717, 1.165) is 122 Å². The Kier molecular flexibility index (Phi) is 34.3. The molecule has 0 aliphatic carbocycles. The molecule has 0 fully saturated rings. The van der Waals surface area contributed by atoms with Crippen LogP contribution in [0.4, 0.5) is 0 Å². The van der Waals surface area contributed by atoms with Crippen LogP contribution in [0.15, 0.2) is 0 Å². The normalized spacial score (nSPS) is 12.6. The molecule has 0 heterocycles. The molecule has 0 atom stereocenters. The van der Waals surface area contributed by atoms with Crippen molar-refractivity contribution in [2.45, 2.75) is 195 Å². The Balaban J connectivity index is 4.05. The van der Waals surface area contributed by atoms with Crippen LogP contribution in [0, 0.1) is 0 Å². The summed E-state index contributed by atoms with van der Waals surface area (Å²) >= 11 is 0. The maximum Gasteiger partial charge on any atom is 0.214 e. The molecule has 0 aliphatic heterocycles. The summed E-state index contributed by atoms with van der Waals surface area (Å²) in [5.41, 5.74) is 0. The van der Waals surface area contributed by atoms with Gasteiger partial charge in [0.1, 0.15) is 0 Å². The second-order valence-electron chi connectivity index (χ2n) is 14.8. The number of hydrogen-bond donors (Lipinski definition) is 1. The van der Waals surface area contributed by atoms with Crippen molar-refractivity contribution in [2.75, 3.05) is 63.9 Å². The minimum absolute atomic E-state index is 0.203. The lowest BCUT2D eigenvalue weighted by Crippen LogP contribution is -2.34. The van der Waals surface area contributed by atoms with Crippen LogP contribution in [0.3, 0.4) is 0 Å². The van der Waals surface area contributed by atoms with Gasteiger partial charge in [0, 0.05) is 32.7 Å². The molecule has 0 aromatic heterocycles. The van der Waals surface area contributed by atoms with Crippen LogP contribution in [0.5, 0.6) is 0 Å². The highest BCUT2D eigenvalue weighted by atomic mass is 32.2. The zero-order chi connectivity index (χ0) is 37.2. The largest absolute Gasteiger partial charge is 0.395 e. The molecule has 8 nitrogen and oxygen atoms in total. The van der Waals surface area contributed by atoms with E-state index in [2.05, 4.69) is 32.6 Å². The van der Waals surface area contributed by atoms with Gasteiger partial charge in [0.2, 0.25) is 20.0 Å². The molecule has 0 aromatic rings. The molecule has 0 amide bonds. The summed E-state index contributed by atoms with van der Waals surface area (Å²) in [5, 5.41) is 9.55. The molecule has 0 aliphatic rings. The van der Waals surface area contributed by atoms with Crippen LogP contribution in [0.1, 0.15) is 195 Å². The lowest BCUT2D eigenvalue weighted by molar-refractivity contribution is 0.190. The highest BCUT2D eigenvalue weighted by Gasteiger charge is 2.21. The zero-order valence-corrected chi connectivity index (χ0v) is 35.3. The molecule has 302 valence electrons. The van der Waals surface area contributed by atoms with Crippen molar-refractivity contribution in [1.82, 2.24) is 13.5 Å². The molecule has 50 heavy (non-hydrogen) atoms. The van der Waals surface area contributed by atoms with Crippen molar-refractivity contribution in [3.63, 3.8) is 0 Å². The van der Waals surface area contributed by atoms with Crippen LogP contribution < -0.4 is 0 Å². The predicted molar refractivity (Wildman–Crippen MR) is 217 cm³/mol. The Morgan fingerprint density at radius 1 is 0.340 bits per heavy atom. The molecule has 0 radical (unpaired) electrons. The second-order valence-corrected chi connectivity index (χ2v) is 19.0. The number of aliphatic hydroxyl groups excluding tert-OH is 1. The highest BCUT2D eigenvalue weighted by molar-refractivity contribution is 7.89. The first-order chi connectivity index (χ1) is 24.2. The van der Waals surface area contributed by atoms with Gasteiger partial charge < -0.3 is 10.0 Å². The van der Waals surface area contributed by atoms with Crippen molar-refractivity contribution in [3.8, 4) is 0 Å². The topological polar surface area (TPSA) is 98.2 Å². The Bertz CT molecular complexity index is 861. The van der Waals surface area contributed by atoms with Gasteiger partial charge in [-0.25, -0.2) is 25.4 Å². The fourth-order valence-electron chi connectivity index (χ4n) is 6.62. The highest BCUT2D eigenvalue weighted by Crippen LogP contribution is 2.15. The van der Waals surface area contributed by atoms with E-state index >= 15 is 0 Å². The van der Waals surface area contributed by atoms with Crippen LogP contribution in [-0.4, -0.2) is 99.4 Å². The van der Waals surface area contributed by atoms with E-state index in [1.807, 2.05) is 0 Å². The summed E-state index contributed by atoms with van der Waals surface area (Å²) in [5.74, 6) is 0.588. The summed E-state index contributed by atoms with van der Waals surface area (Å²) in [6.45, 7) is 14.3. The number of unbranched alkanes of at least 4 members (excludes halogenated alkanes) is 20. The lowest BCUT2D eigenvalue weighted by atomic mass is 10.1. The number of aliphatic hydroxyl groups is 1. The molecule has 0 spiro atoms. The summed E-state index contributed by atoms with van der Waals surface area (Å²) < 4.78 is 55.3. The summed E-state index contributed by atoms with van der Waals surface area (Å²) in [6.07, 6.45) is 27.9. The van der Waals surface area contributed by atoms with Crippen LogP contribution >= 0.6 is 0 Å². The molecular weight excluding hydrogens is 667 g/mol. The zero-order valence-electron chi connectivity index (χ0n) is 33.7. The average Bonchev–Trinajstić information content (AvgIpc) is 3.09. The molecule has 0 aromatic carbocycles.